The van der Waals surface area contributed by atoms with Crippen molar-refractivity contribution in [3.05, 3.63) is 64.7 Å². The minimum Gasteiger partial charge on any atom is -0.492 e. The van der Waals surface area contributed by atoms with Crippen LogP contribution in [0, 0.1) is 6.92 Å². The second kappa shape index (κ2) is 5.19. The zero-order valence-corrected chi connectivity index (χ0v) is 12.9. The van der Waals surface area contributed by atoms with Gasteiger partial charge in [-0.05, 0) is 30.2 Å². The molecular weight excluding hydrogens is 260 g/mol. The number of hydrogen-bond acceptors (Lipinski definition) is 2. The molecule has 2 heteroatoms. The molecule has 0 bridgehead atoms. The van der Waals surface area contributed by atoms with Crippen molar-refractivity contribution in [1.82, 2.24) is 0 Å². The molecule has 1 N–H and O–H groups in total. The van der Waals surface area contributed by atoms with E-state index in [4.69, 9.17) is 4.74 Å². The summed E-state index contributed by atoms with van der Waals surface area (Å²) in [5.41, 5.74) is 4.58. The molecule has 1 unspecified atom stereocenters. The highest BCUT2D eigenvalue weighted by atomic mass is 16.5. The van der Waals surface area contributed by atoms with Gasteiger partial charge < -0.3 is 9.84 Å². The molecule has 0 saturated carbocycles. The van der Waals surface area contributed by atoms with Gasteiger partial charge >= 0.3 is 0 Å². The van der Waals surface area contributed by atoms with Gasteiger partial charge in [-0.1, -0.05) is 49.7 Å². The Morgan fingerprint density at radius 1 is 1.14 bits per heavy atom. The first-order chi connectivity index (χ1) is 9.95. The van der Waals surface area contributed by atoms with Crippen LogP contribution in [-0.4, -0.2) is 11.7 Å². The van der Waals surface area contributed by atoms with Crippen molar-refractivity contribution >= 4 is 0 Å². The Hall–Kier alpha value is -1.80. The molecular formula is C19H22O2. The molecule has 1 atom stereocenters. The summed E-state index contributed by atoms with van der Waals surface area (Å²) in [7, 11) is 0. The number of rotatable bonds is 3. The Labute approximate surface area is 126 Å². The van der Waals surface area contributed by atoms with Crippen molar-refractivity contribution in [2.45, 2.75) is 38.7 Å². The van der Waals surface area contributed by atoms with Crippen LogP contribution < -0.4 is 4.74 Å². The van der Waals surface area contributed by atoms with E-state index < -0.39 is 6.10 Å². The maximum absolute atomic E-state index is 10.5. The molecule has 1 heterocycles. The molecule has 0 amide bonds. The van der Waals surface area contributed by atoms with Crippen molar-refractivity contribution < 1.29 is 9.84 Å². The summed E-state index contributed by atoms with van der Waals surface area (Å²) in [6.07, 6.45) is 0.162. The van der Waals surface area contributed by atoms with Gasteiger partial charge in [0.15, 0.2) is 0 Å². The molecule has 0 fully saturated rings. The van der Waals surface area contributed by atoms with Crippen molar-refractivity contribution in [3.8, 4) is 5.75 Å². The monoisotopic (exact) mass is 282 g/mol. The molecule has 2 nitrogen and oxygen atoms in total. The fraction of sp³-hybridized carbons (Fsp3) is 0.368. The van der Waals surface area contributed by atoms with Gasteiger partial charge in [0.2, 0.25) is 0 Å². The van der Waals surface area contributed by atoms with E-state index in [-0.39, 0.29) is 5.41 Å². The molecule has 21 heavy (non-hydrogen) atoms. The molecule has 0 radical (unpaired) electrons. The Balaban J connectivity index is 1.82. The van der Waals surface area contributed by atoms with Gasteiger partial charge in [0.25, 0.3) is 0 Å². The molecule has 0 aromatic heterocycles. The lowest BCUT2D eigenvalue weighted by Crippen LogP contribution is -2.18. The Morgan fingerprint density at radius 2 is 1.86 bits per heavy atom. The van der Waals surface area contributed by atoms with E-state index in [2.05, 4.69) is 51.1 Å². The van der Waals surface area contributed by atoms with E-state index in [9.17, 15) is 5.11 Å². The standard InChI is InChI=1S/C19H22O2/c1-13-4-6-14(7-5-13)10-17(20)15-8-9-18-16(11-15)19(2,3)12-21-18/h4-9,11,17,20H,10,12H2,1-3H3. The highest BCUT2D eigenvalue weighted by Crippen LogP contribution is 2.39. The van der Waals surface area contributed by atoms with Crippen LogP contribution in [0.5, 0.6) is 5.75 Å². The lowest BCUT2D eigenvalue weighted by molar-refractivity contribution is 0.178. The van der Waals surface area contributed by atoms with Crippen molar-refractivity contribution in [1.29, 1.82) is 0 Å². The molecule has 1 aliphatic heterocycles. The van der Waals surface area contributed by atoms with Crippen LogP contribution in [0.25, 0.3) is 0 Å². The average Bonchev–Trinajstić information content (AvgIpc) is 2.77. The van der Waals surface area contributed by atoms with Crippen LogP contribution in [0.3, 0.4) is 0 Å². The van der Waals surface area contributed by atoms with Gasteiger partial charge in [-0.2, -0.15) is 0 Å². The van der Waals surface area contributed by atoms with Crippen molar-refractivity contribution in [2.24, 2.45) is 0 Å². The third kappa shape index (κ3) is 2.81. The van der Waals surface area contributed by atoms with Gasteiger partial charge in [0.1, 0.15) is 5.75 Å². The lowest BCUT2D eigenvalue weighted by atomic mass is 9.85. The predicted octanol–water partition coefficient (Wildman–Crippen LogP) is 3.94. The van der Waals surface area contributed by atoms with E-state index in [1.807, 2.05) is 12.1 Å². The third-order valence-corrected chi connectivity index (χ3v) is 4.26. The van der Waals surface area contributed by atoms with Gasteiger partial charge in [-0.15, -0.1) is 0 Å². The summed E-state index contributed by atoms with van der Waals surface area (Å²) in [6, 6.07) is 14.4. The topological polar surface area (TPSA) is 29.5 Å². The smallest absolute Gasteiger partial charge is 0.123 e. The lowest BCUT2D eigenvalue weighted by Gasteiger charge is -2.18. The number of hydrogen-bond donors (Lipinski definition) is 1. The summed E-state index contributed by atoms with van der Waals surface area (Å²) in [6.45, 7) is 7.13. The minimum atomic E-state index is -0.477. The van der Waals surface area contributed by atoms with Crippen LogP contribution in [0.15, 0.2) is 42.5 Å². The molecule has 1 aliphatic rings. The fourth-order valence-corrected chi connectivity index (χ4v) is 2.81. The number of fused-ring (bicyclic) bond motifs is 1. The first-order valence-corrected chi connectivity index (χ1v) is 7.46. The normalized spacial score (nSPS) is 17.1. The van der Waals surface area contributed by atoms with E-state index in [1.165, 1.54) is 11.1 Å². The summed E-state index contributed by atoms with van der Waals surface area (Å²) in [5.74, 6) is 0.950. The van der Waals surface area contributed by atoms with Crippen LogP contribution in [-0.2, 0) is 11.8 Å². The Kier molecular flexibility index (Phi) is 3.50. The largest absolute Gasteiger partial charge is 0.492 e. The van der Waals surface area contributed by atoms with Crippen molar-refractivity contribution in [3.63, 3.8) is 0 Å². The molecule has 3 rings (SSSR count). The van der Waals surface area contributed by atoms with E-state index in [0.717, 1.165) is 16.9 Å². The zero-order valence-electron chi connectivity index (χ0n) is 12.9. The van der Waals surface area contributed by atoms with Gasteiger partial charge in [-0.3, -0.25) is 0 Å². The van der Waals surface area contributed by atoms with E-state index in [1.54, 1.807) is 0 Å². The summed E-state index contributed by atoms with van der Waals surface area (Å²) >= 11 is 0. The van der Waals surface area contributed by atoms with Crippen LogP contribution in [0.1, 0.15) is 42.2 Å². The minimum absolute atomic E-state index is 0.0227. The molecule has 2 aromatic rings. The molecule has 0 spiro atoms. The van der Waals surface area contributed by atoms with Crippen LogP contribution in [0.4, 0.5) is 0 Å². The Bertz CT molecular complexity index is 641. The van der Waals surface area contributed by atoms with Crippen molar-refractivity contribution in [2.75, 3.05) is 6.61 Å². The summed E-state index contributed by atoms with van der Waals surface area (Å²) < 4.78 is 5.70. The average molecular weight is 282 g/mol. The Morgan fingerprint density at radius 3 is 2.57 bits per heavy atom. The number of benzene rings is 2. The molecule has 0 aliphatic carbocycles. The third-order valence-electron chi connectivity index (χ3n) is 4.26. The summed E-state index contributed by atoms with van der Waals surface area (Å²) in [4.78, 5) is 0. The fourth-order valence-electron chi connectivity index (χ4n) is 2.81. The van der Waals surface area contributed by atoms with Gasteiger partial charge in [0, 0.05) is 17.4 Å². The second-order valence-electron chi connectivity index (χ2n) is 6.63. The van der Waals surface area contributed by atoms with E-state index >= 15 is 0 Å². The number of aliphatic hydroxyl groups excluding tert-OH is 1. The SMILES string of the molecule is Cc1ccc(CC(O)c2ccc3c(c2)C(C)(C)CO3)cc1. The highest BCUT2D eigenvalue weighted by Gasteiger charge is 2.32. The maximum atomic E-state index is 10.5. The first kappa shape index (κ1) is 14.2. The van der Waals surface area contributed by atoms with Crippen LogP contribution in [0.2, 0.25) is 0 Å². The zero-order chi connectivity index (χ0) is 15.0. The number of aliphatic hydroxyl groups is 1. The first-order valence-electron chi connectivity index (χ1n) is 7.46. The van der Waals surface area contributed by atoms with Gasteiger partial charge in [-0.25, -0.2) is 0 Å². The predicted molar refractivity (Wildman–Crippen MR) is 84.8 cm³/mol. The quantitative estimate of drug-likeness (QED) is 0.924. The van der Waals surface area contributed by atoms with E-state index in [0.29, 0.717) is 13.0 Å². The molecule has 2 aromatic carbocycles. The molecule has 110 valence electrons. The maximum Gasteiger partial charge on any atom is 0.123 e. The highest BCUT2D eigenvalue weighted by molar-refractivity contribution is 5.45. The summed E-state index contributed by atoms with van der Waals surface area (Å²) in [5, 5.41) is 10.5. The number of ether oxygens (including phenoxy) is 1. The van der Waals surface area contributed by atoms with Gasteiger partial charge in [0.05, 0.1) is 12.7 Å². The second-order valence-corrected chi connectivity index (χ2v) is 6.63. The molecule has 0 saturated heterocycles. The number of aryl methyl sites for hydroxylation is 1. The van der Waals surface area contributed by atoms with Crippen LogP contribution >= 0.6 is 0 Å².